The lowest BCUT2D eigenvalue weighted by molar-refractivity contribution is 0.237. The van der Waals surface area contributed by atoms with Gasteiger partial charge in [-0.15, -0.1) is 11.3 Å². The Hall–Kier alpha value is -1.81. The number of thiophene rings is 1. The van der Waals surface area contributed by atoms with E-state index in [9.17, 15) is 4.79 Å². The molecule has 0 saturated heterocycles. The van der Waals surface area contributed by atoms with Crippen molar-refractivity contribution in [3.63, 3.8) is 0 Å². The molecule has 4 heteroatoms. The predicted molar refractivity (Wildman–Crippen MR) is 83.9 cm³/mol. The maximum atomic E-state index is 11.8. The third-order valence-corrected chi connectivity index (χ3v) is 4.12. The summed E-state index contributed by atoms with van der Waals surface area (Å²) in [6.07, 6.45) is 1.03. The molecule has 3 nitrogen and oxygen atoms in total. The van der Waals surface area contributed by atoms with Crippen LogP contribution in [0, 0.1) is 0 Å². The average molecular weight is 288 g/mol. The van der Waals surface area contributed by atoms with Crippen molar-refractivity contribution in [1.29, 1.82) is 0 Å². The molecule has 0 aliphatic heterocycles. The number of carbonyl (C=O) groups is 1. The zero-order valence-electron chi connectivity index (χ0n) is 11.8. The molecular weight excluding hydrogens is 268 g/mol. The van der Waals surface area contributed by atoms with Crippen molar-refractivity contribution in [3.05, 3.63) is 57.8 Å². The van der Waals surface area contributed by atoms with Crippen molar-refractivity contribution in [2.45, 2.75) is 32.9 Å². The van der Waals surface area contributed by atoms with Crippen LogP contribution in [0.1, 0.15) is 35.9 Å². The lowest BCUT2D eigenvalue weighted by Gasteiger charge is -2.15. The molecule has 2 amide bonds. The number of aryl methyl sites for hydroxylation is 1. The number of hydrogen-bond donors (Lipinski definition) is 2. The van der Waals surface area contributed by atoms with Crippen LogP contribution in [0.3, 0.4) is 0 Å². The minimum absolute atomic E-state index is 0.00393. The van der Waals surface area contributed by atoms with Gasteiger partial charge in [0, 0.05) is 4.88 Å². The lowest BCUT2D eigenvalue weighted by atomic mass is 10.1. The third-order valence-electron chi connectivity index (χ3n) is 3.24. The van der Waals surface area contributed by atoms with Crippen LogP contribution in [-0.2, 0) is 13.0 Å². The monoisotopic (exact) mass is 288 g/mol. The Kier molecular flexibility index (Phi) is 5.18. The van der Waals surface area contributed by atoms with Crippen LogP contribution in [0.25, 0.3) is 0 Å². The van der Waals surface area contributed by atoms with Crippen molar-refractivity contribution in [2.24, 2.45) is 0 Å². The summed E-state index contributed by atoms with van der Waals surface area (Å²) in [7, 11) is 0. The van der Waals surface area contributed by atoms with Crippen LogP contribution >= 0.6 is 11.3 Å². The summed E-state index contributed by atoms with van der Waals surface area (Å²) < 4.78 is 0. The zero-order valence-corrected chi connectivity index (χ0v) is 12.7. The molecule has 2 rings (SSSR count). The van der Waals surface area contributed by atoms with Gasteiger partial charge in [0.1, 0.15) is 0 Å². The molecule has 0 bridgehead atoms. The number of rotatable bonds is 5. The second-order valence-electron chi connectivity index (χ2n) is 4.72. The predicted octanol–water partition coefficient (Wildman–Crippen LogP) is 3.87. The molecule has 0 fully saturated rings. The van der Waals surface area contributed by atoms with E-state index in [2.05, 4.69) is 41.8 Å². The minimum atomic E-state index is -0.134. The molecule has 1 aromatic heterocycles. The summed E-state index contributed by atoms with van der Waals surface area (Å²) >= 11 is 1.64. The summed E-state index contributed by atoms with van der Waals surface area (Å²) in [4.78, 5) is 13.0. The Morgan fingerprint density at radius 3 is 2.60 bits per heavy atom. The van der Waals surface area contributed by atoms with Gasteiger partial charge in [0.15, 0.2) is 0 Å². The first-order valence-electron chi connectivity index (χ1n) is 6.84. The van der Waals surface area contributed by atoms with Gasteiger partial charge < -0.3 is 10.6 Å². The van der Waals surface area contributed by atoms with Crippen molar-refractivity contribution in [1.82, 2.24) is 10.6 Å². The van der Waals surface area contributed by atoms with Gasteiger partial charge >= 0.3 is 6.03 Å². The van der Waals surface area contributed by atoms with Gasteiger partial charge in [0.05, 0.1) is 12.6 Å². The first-order valence-corrected chi connectivity index (χ1v) is 7.72. The SMILES string of the molecule is CCc1ccc(C(C)NC(=O)NCc2cccs2)cc1. The van der Waals surface area contributed by atoms with Gasteiger partial charge in [-0.2, -0.15) is 0 Å². The van der Waals surface area contributed by atoms with Gasteiger partial charge in [0.25, 0.3) is 0 Å². The molecule has 1 atom stereocenters. The molecule has 0 saturated carbocycles. The van der Waals surface area contributed by atoms with Crippen molar-refractivity contribution in [2.75, 3.05) is 0 Å². The summed E-state index contributed by atoms with van der Waals surface area (Å²) in [5.41, 5.74) is 2.43. The van der Waals surface area contributed by atoms with E-state index < -0.39 is 0 Å². The summed E-state index contributed by atoms with van der Waals surface area (Å²) in [6.45, 7) is 4.70. The summed E-state index contributed by atoms with van der Waals surface area (Å²) in [6, 6.07) is 12.2. The van der Waals surface area contributed by atoms with E-state index in [0.29, 0.717) is 6.54 Å². The Morgan fingerprint density at radius 1 is 1.25 bits per heavy atom. The second kappa shape index (κ2) is 7.10. The van der Waals surface area contributed by atoms with Gasteiger partial charge in [-0.05, 0) is 35.9 Å². The molecular formula is C16H20N2OS. The molecule has 0 aliphatic rings. The van der Waals surface area contributed by atoms with E-state index in [-0.39, 0.29) is 12.1 Å². The Bertz CT molecular complexity index is 534. The molecule has 20 heavy (non-hydrogen) atoms. The third kappa shape index (κ3) is 4.10. The summed E-state index contributed by atoms with van der Waals surface area (Å²) in [5.74, 6) is 0. The highest BCUT2D eigenvalue weighted by Gasteiger charge is 2.09. The Labute approximate surface area is 124 Å². The van der Waals surface area contributed by atoms with E-state index in [1.807, 2.05) is 24.4 Å². The van der Waals surface area contributed by atoms with Crippen LogP contribution in [-0.4, -0.2) is 6.03 Å². The van der Waals surface area contributed by atoms with E-state index in [4.69, 9.17) is 0 Å². The van der Waals surface area contributed by atoms with Crippen molar-refractivity contribution < 1.29 is 4.79 Å². The second-order valence-corrected chi connectivity index (χ2v) is 5.76. The first-order chi connectivity index (χ1) is 9.69. The van der Waals surface area contributed by atoms with Crippen LogP contribution in [0.5, 0.6) is 0 Å². The topological polar surface area (TPSA) is 41.1 Å². The quantitative estimate of drug-likeness (QED) is 0.861. The molecule has 106 valence electrons. The minimum Gasteiger partial charge on any atom is -0.333 e. The standard InChI is InChI=1S/C16H20N2OS/c1-3-13-6-8-14(9-7-13)12(2)18-16(19)17-11-15-5-4-10-20-15/h4-10,12H,3,11H2,1-2H3,(H2,17,18,19). The summed E-state index contributed by atoms with van der Waals surface area (Å²) in [5, 5.41) is 7.83. The molecule has 2 N–H and O–H groups in total. The number of benzene rings is 1. The van der Waals surface area contributed by atoms with Crippen molar-refractivity contribution >= 4 is 17.4 Å². The lowest BCUT2D eigenvalue weighted by Crippen LogP contribution is -2.36. The largest absolute Gasteiger partial charge is 0.333 e. The van der Waals surface area contributed by atoms with Gasteiger partial charge in [-0.1, -0.05) is 37.3 Å². The fraction of sp³-hybridized carbons (Fsp3) is 0.312. The highest BCUT2D eigenvalue weighted by molar-refractivity contribution is 7.09. The van der Waals surface area contributed by atoms with Crippen LogP contribution < -0.4 is 10.6 Å². The molecule has 0 spiro atoms. The molecule has 1 aromatic carbocycles. The van der Waals surface area contributed by atoms with Gasteiger partial charge in [-0.3, -0.25) is 0 Å². The van der Waals surface area contributed by atoms with Crippen LogP contribution in [0.15, 0.2) is 41.8 Å². The number of nitrogens with one attached hydrogen (secondary N) is 2. The number of amides is 2. The highest BCUT2D eigenvalue weighted by Crippen LogP contribution is 2.13. The number of carbonyl (C=O) groups excluding carboxylic acids is 1. The highest BCUT2D eigenvalue weighted by atomic mass is 32.1. The van der Waals surface area contributed by atoms with Crippen LogP contribution in [0.4, 0.5) is 4.79 Å². The molecule has 2 aromatic rings. The maximum absolute atomic E-state index is 11.8. The Morgan fingerprint density at radius 2 is 2.00 bits per heavy atom. The maximum Gasteiger partial charge on any atom is 0.315 e. The zero-order chi connectivity index (χ0) is 14.4. The van der Waals surface area contributed by atoms with Gasteiger partial charge in [-0.25, -0.2) is 4.79 Å². The Balaban J connectivity index is 1.83. The van der Waals surface area contributed by atoms with E-state index >= 15 is 0 Å². The fourth-order valence-corrected chi connectivity index (χ4v) is 2.60. The molecule has 0 aliphatic carbocycles. The normalized spacial score (nSPS) is 11.9. The number of urea groups is 1. The fourth-order valence-electron chi connectivity index (χ4n) is 1.95. The number of hydrogen-bond acceptors (Lipinski definition) is 2. The van der Waals surface area contributed by atoms with Crippen molar-refractivity contribution in [3.8, 4) is 0 Å². The molecule has 0 radical (unpaired) electrons. The van der Waals surface area contributed by atoms with Gasteiger partial charge in [0.2, 0.25) is 0 Å². The average Bonchev–Trinajstić information content (AvgIpc) is 2.98. The molecule has 1 heterocycles. The van der Waals surface area contributed by atoms with E-state index in [0.717, 1.165) is 16.9 Å². The van der Waals surface area contributed by atoms with E-state index in [1.54, 1.807) is 11.3 Å². The molecule has 1 unspecified atom stereocenters. The van der Waals surface area contributed by atoms with E-state index in [1.165, 1.54) is 5.56 Å². The smallest absolute Gasteiger partial charge is 0.315 e. The van der Waals surface area contributed by atoms with Crippen LogP contribution in [0.2, 0.25) is 0 Å². The first kappa shape index (κ1) is 14.6.